The van der Waals surface area contributed by atoms with Crippen LogP contribution in [-0.2, 0) is 19.1 Å². The highest BCUT2D eigenvalue weighted by Gasteiger charge is 2.57. The number of rotatable bonds is 5. The lowest BCUT2D eigenvalue weighted by molar-refractivity contribution is -0.150. The molecule has 2 fully saturated rings. The molecule has 0 saturated heterocycles. The van der Waals surface area contributed by atoms with Crippen molar-refractivity contribution in [3.05, 3.63) is 23.0 Å². The van der Waals surface area contributed by atoms with Crippen molar-refractivity contribution in [2.45, 2.75) is 65.7 Å². The van der Waals surface area contributed by atoms with E-state index in [0.717, 1.165) is 49.9 Å². The van der Waals surface area contributed by atoms with E-state index in [4.69, 9.17) is 9.47 Å². The average Bonchev–Trinajstić information content (AvgIpc) is 3.04. The molecule has 0 spiro atoms. The van der Waals surface area contributed by atoms with E-state index in [-0.39, 0.29) is 30.7 Å². The third-order valence-electron chi connectivity index (χ3n) is 8.51. The van der Waals surface area contributed by atoms with E-state index >= 15 is 0 Å². The highest BCUT2D eigenvalue weighted by molar-refractivity contribution is 5.79. The lowest BCUT2D eigenvalue weighted by atomic mass is 9.51. The van der Waals surface area contributed by atoms with Gasteiger partial charge in [-0.15, -0.1) is 0 Å². The minimum Gasteiger partial charge on any atom is -0.462 e. The van der Waals surface area contributed by atoms with Crippen LogP contribution < -0.4 is 0 Å². The number of ether oxygens (including phenoxy) is 2. The molecule has 4 aliphatic rings. The monoisotopic (exact) mass is 402 g/mol. The van der Waals surface area contributed by atoms with Crippen molar-refractivity contribution in [2.24, 2.45) is 35.0 Å². The quantitative estimate of drug-likeness (QED) is 0.552. The van der Waals surface area contributed by atoms with Gasteiger partial charge in [-0.2, -0.15) is 0 Å². The SMILES string of the molecule is CC(=O)OCOC1=CC2=C(CO)C[C@@H]3[C@H](CC[C@]4(C)[C@@H](C(C)=O)CC[C@@H]34)[C@H]2CC1. The predicted octanol–water partition coefficient (Wildman–Crippen LogP) is 4.16. The Morgan fingerprint density at radius 1 is 1.17 bits per heavy atom. The van der Waals surface area contributed by atoms with Gasteiger partial charge in [-0.3, -0.25) is 9.59 Å². The van der Waals surface area contributed by atoms with Crippen LogP contribution in [0.3, 0.4) is 0 Å². The number of hydrogen-bond donors (Lipinski definition) is 1. The summed E-state index contributed by atoms with van der Waals surface area (Å²) in [5.41, 5.74) is 2.52. The van der Waals surface area contributed by atoms with Gasteiger partial charge in [0.2, 0.25) is 6.79 Å². The summed E-state index contributed by atoms with van der Waals surface area (Å²) in [5.74, 6) is 3.34. The normalized spacial score (nSPS) is 38.5. The Kier molecular flexibility index (Phi) is 5.62. The van der Waals surface area contributed by atoms with Crippen LogP contribution in [0.15, 0.2) is 23.0 Å². The molecule has 5 heteroatoms. The van der Waals surface area contributed by atoms with Crippen molar-refractivity contribution in [3.8, 4) is 0 Å². The van der Waals surface area contributed by atoms with Crippen LogP contribution in [0.2, 0.25) is 0 Å². The lowest BCUT2D eigenvalue weighted by Crippen LogP contribution is -2.47. The van der Waals surface area contributed by atoms with Crippen molar-refractivity contribution in [1.82, 2.24) is 0 Å². The van der Waals surface area contributed by atoms with Gasteiger partial charge >= 0.3 is 5.97 Å². The van der Waals surface area contributed by atoms with E-state index < -0.39 is 0 Å². The van der Waals surface area contributed by atoms with Gasteiger partial charge in [0.1, 0.15) is 11.5 Å². The zero-order valence-corrected chi connectivity index (χ0v) is 17.9. The number of carbonyl (C=O) groups excluding carboxylic acids is 2. The number of fused-ring (bicyclic) bond motifs is 5. The maximum absolute atomic E-state index is 12.3. The molecular weight excluding hydrogens is 368 g/mol. The lowest BCUT2D eigenvalue weighted by Gasteiger charge is -2.53. The fraction of sp³-hybridized carbons (Fsp3) is 0.750. The molecule has 0 bridgehead atoms. The molecule has 1 N–H and O–H groups in total. The van der Waals surface area contributed by atoms with Crippen molar-refractivity contribution < 1.29 is 24.2 Å². The Bertz CT molecular complexity index is 750. The van der Waals surface area contributed by atoms with Crippen LogP contribution in [0, 0.1) is 35.0 Å². The molecule has 0 unspecified atom stereocenters. The van der Waals surface area contributed by atoms with E-state index in [0.29, 0.717) is 29.5 Å². The zero-order valence-electron chi connectivity index (χ0n) is 17.9. The number of aliphatic hydroxyl groups excluding tert-OH is 1. The summed E-state index contributed by atoms with van der Waals surface area (Å²) in [6.07, 6.45) is 9.39. The number of aliphatic hydroxyl groups is 1. The predicted molar refractivity (Wildman–Crippen MR) is 108 cm³/mol. The van der Waals surface area contributed by atoms with E-state index in [1.165, 1.54) is 18.9 Å². The average molecular weight is 403 g/mol. The smallest absolute Gasteiger partial charge is 0.305 e. The second-order valence-electron chi connectivity index (χ2n) is 9.79. The Hall–Kier alpha value is -1.62. The van der Waals surface area contributed by atoms with Crippen LogP contribution in [0.25, 0.3) is 0 Å². The van der Waals surface area contributed by atoms with Crippen molar-refractivity contribution in [1.29, 1.82) is 0 Å². The number of allylic oxidation sites excluding steroid dienone is 3. The summed E-state index contributed by atoms with van der Waals surface area (Å²) in [6, 6.07) is 0. The van der Waals surface area contributed by atoms with Crippen LogP contribution >= 0.6 is 0 Å². The summed E-state index contributed by atoms with van der Waals surface area (Å²) in [6.45, 7) is 5.53. The Balaban J connectivity index is 1.58. The minimum atomic E-state index is -0.347. The van der Waals surface area contributed by atoms with Crippen molar-refractivity contribution in [2.75, 3.05) is 13.4 Å². The van der Waals surface area contributed by atoms with Gasteiger partial charge in [-0.1, -0.05) is 6.92 Å². The fourth-order valence-corrected chi connectivity index (χ4v) is 7.25. The first-order chi connectivity index (χ1) is 13.8. The molecule has 4 aliphatic carbocycles. The van der Waals surface area contributed by atoms with E-state index in [1.54, 1.807) is 6.92 Å². The Labute approximate surface area is 173 Å². The van der Waals surface area contributed by atoms with Gasteiger partial charge < -0.3 is 14.6 Å². The largest absolute Gasteiger partial charge is 0.462 e. The van der Waals surface area contributed by atoms with Crippen LogP contribution in [0.5, 0.6) is 0 Å². The van der Waals surface area contributed by atoms with Crippen LogP contribution in [-0.4, -0.2) is 30.3 Å². The van der Waals surface area contributed by atoms with Crippen LogP contribution in [0.1, 0.15) is 65.7 Å². The summed E-state index contributed by atoms with van der Waals surface area (Å²) in [7, 11) is 0. The summed E-state index contributed by atoms with van der Waals surface area (Å²) in [4.78, 5) is 23.2. The molecule has 5 nitrogen and oxygen atoms in total. The van der Waals surface area contributed by atoms with Gasteiger partial charge in [-0.25, -0.2) is 0 Å². The molecular formula is C24H34O5. The van der Waals surface area contributed by atoms with Gasteiger partial charge in [0.15, 0.2) is 0 Å². The number of carbonyl (C=O) groups is 2. The van der Waals surface area contributed by atoms with E-state index in [9.17, 15) is 14.7 Å². The first-order valence-electron chi connectivity index (χ1n) is 11.1. The van der Waals surface area contributed by atoms with Gasteiger partial charge in [0.05, 0.1) is 6.61 Å². The molecule has 0 aliphatic heterocycles. The summed E-state index contributed by atoms with van der Waals surface area (Å²) in [5, 5.41) is 10.1. The topological polar surface area (TPSA) is 72.8 Å². The minimum absolute atomic E-state index is 0.0491. The second-order valence-corrected chi connectivity index (χ2v) is 9.79. The first kappa shape index (κ1) is 20.6. The van der Waals surface area contributed by atoms with Crippen molar-refractivity contribution >= 4 is 11.8 Å². The Morgan fingerprint density at radius 3 is 2.66 bits per heavy atom. The third kappa shape index (κ3) is 3.56. The molecule has 0 amide bonds. The Morgan fingerprint density at radius 2 is 1.97 bits per heavy atom. The van der Waals surface area contributed by atoms with Gasteiger partial charge in [0.25, 0.3) is 0 Å². The van der Waals surface area contributed by atoms with Gasteiger partial charge in [0, 0.05) is 19.3 Å². The maximum atomic E-state index is 12.3. The summed E-state index contributed by atoms with van der Waals surface area (Å²) < 4.78 is 10.6. The number of Topliss-reactive ketones (excluding diaryl/α,β-unsaturated/α-hetero) is 1. The van der Waals surface area contributed by atoms with Crippen molar-refractivity contribution in [3.63, 3.8) is 0 Å². The molecule has 0 aromatic carbocycles. The third-order valence-corrected chi connectivity index (χ3v) is 8.51. The molecule has 0 aromatic heterocycles. The highest BCUT2D eigenvalue weighted by Crippen LogP contribution is 2.64. The number of hydrogen-bond acceptors (Lipinski definition) is 5. The second kappa shape index (κ2) is 7.90. The maximum Gasteiger partial charge on any atom is 0.305 e. The molecule has 160 valence electrons. The molecule has 0 heterocycles. The number of esters is 1. The fourth-order valence-electron chi connectivity index (χ4n) is 7.25. The molecule has 29 heavy (non-hydrogen) atoms. The molecule has 6 atom stereocenters. The summed E-state index contributed by atoms with van der Waals surface area (Å²) >= 11 is 0. The molecule has 0 radical (unpaired) electrons. The van der Waals surface area contributed by atoms with Gasteiger partial charge in [-0.05, 0) is 91.8 Å². The molecule has 4 rings (SSSR count). The van der Waals surface area contributed by atoms with E-state index in [2.05, 4.69) is 13.0 Å². The standard InChI is InChI=1S/C24H34O5/c1-14(26)22-6-7-23-21-10-16(12-25)20-11-17(29-13-28-15(2)27)4-5-18(20)19(21)8-9-24(22,23)3/h11,18-19,21-23,25H,4-10,12-13H2,1-3H3/t18-,19-,21-,22-,23+,24-/m1/s1. The zero-order chi connectivity index (χ0) is 20.8. The number of ketones is 1. The highest BCUT2D eigenvalue weighted by atomic mass is 16.7. The van der Waals surface area contributed by atoms with Crippen LogP contribution in [0.4, 0.5) is 0 Å². The molecule has 0 aromatic rings. The van der Waals surface area contributed by atoms with E-state index in [1.807, 2.05) is 0 Å². The first-order valence-corrected chi connectivity index (χ1v) is 11.1. The molecule has 2 saturated carbocycles.